The Morgan fingerprint density at radius 2 is 1.71 bits per heavy atom. The molecule has 35 heavy (non-hydrogen) atoms. The van der Waals surface area contributed by atoms with Crippen LogP contribution in [0.4, 0.5) is 10.1 Å². The van der Waals surface area contributed by atoms with Crippen molar-refractivity contribution in [3.63, 3.8) is 0 Å². The third kappa shape index (κ3) is 8.37. The van der Waals surface area contributed by atoms with E-state index < -0.39 is 34.3 Å². The van der Waals surface area contributed by atoms with Gasteiger partial charge in [0.2, 0.25) is 21.8 Å². The highest BCUT2D eigenvalue weighted by atomic mass is 35.5. The normalized spacial score (nSPS) is 12.2. The summed E-state index contributed by atoms with van der Waals surface area (Å²) in [6.45, 7) is 3.68. The minimum absolute atomic E-state index is 0.0104. The molecule has 0 radical (unpaired) electrons. The van der Waals surface area contributed by atoms with E-state index in [9.17, 15) is 22.4 Å². The highest BCUT2D eigenvalue weighted by Gasteiger charge is 2.31. The van der Waals surface area contributed by atoms with Crippen LogP contribution in [0.5, 0.6) is 0 Å². The van der Waals surface area contributed by atoms with Crippen molar-refractivity contribution < 1.29 is 22.4 Å². The standard InChI is InChI=1S/C24H30Cl2FN3O4S/c1-4-6-13-28-24(32)22(5-2)29(15-17-7-12-20(25)21(26)14-17)23(31)16-30(35(3,33)34)19-10-8-18(27)9-11-19/h7-12,14,22H,4-6,13,15-16H2,1-3H3,(H,28,32)/t22-/m1/s1. The van der Waals surface area contributed by atoms with Crippen molar-refractivity contribution in [2.45, 2.75) is 45.7 Å². The van der Waals surface area contributed by atoms with Crippen LogP contribution < -0.4 is 9.62 Å². The first-order valence-electron chi connectivity index (χ1n) is 11.2. The van der Waals surface area contributed by atoms with Gasteiger partial charge in [0, 0.05) is 13.1 Å². The monoisotopic (exact) mass is 545 g/mol. The summed E-state index contributed by atoms with van der Waals surface area (Å²) < 4.78 is 39.3. The lowest BCUT2D eigenvalue weighted by Crippen LogP contribution is -2.52. The maximum Gasteiger partial charge on any atom is 0.244 e. The van der Waals surface area contributed by atoms with Crippen LogP contribution in [0.3, 0.4) is 0 Å². The molecule has 11 heteroatoms. The lowest BCUT2D eigenvalue weighted by molar-refractivity contribution is -0.140. The van der Waals surface area contributed by atoms with Gasteiger partial charge in [-0.1, -0.05) is 49.5 Å². The Morgan fingerprint density at radius 1 is 1.06 bits per heavy atom. The molecule has 0 aromatic heterocycles. The number of carbonyl (C=O) groups is 2. The number of amides is 2. The predicted molar refractivity (Wildman–Crippen MR) is 138 cm³/mol. The van der Waals surface area contributed by atoms with E-state index in [1.807, 2.05) is 6.92 Å². The largest absolute Gasteiger partial charge is 0.354 e. The summed E-state index contributed by atoms with van der Waals surface area (Å²) >= 11 is 12.2. The molecule has 0 saturated heterocycles. The molecule has 0 aliphatic rings. The fourth-order valence-electron chi connectivity index (χ4n) is 3.48. The molecular formula is C24H30Cl2FN3O4S. The summed E-state index contributed by atoms with van der Waals surface area (Å²) in [5.41, 5.74) is 0.762. The van der Waals surface area contributed by atoms with Crippen molar-refractivity contribution in [2.24, 2.45) is 0 Å². The minimum Gasteiger partial charge on any atom is -0.354 e. The molecule has 1 atom stereocenters. The number of benzene rings is 2. The Balaban J connectivity index is 2.41. The van der Waals surface area contributed by atoms with E-state index in [1.165, 1.54) is 17.0 Å². The summed E-state index contributed by atoms with van der Waals surface area (Å²) in [6.07, 6.45) is 2.95. The minimum atomic E-state index is -3.89. The van der Waals surface area contributed by atoms with Crippen LogP contribution in [-0.4, -0.2) is 50.5 Å². The van der Waals surface area contributed by atoms with Gasteiger partial charge in [0.15, 0.2) is 0 Å². The number of hydrogen-bond acceptors (Lipinski definition) is 4. The Hall–Kier alpha value is -2.36. The summed E-state index contributed by atoms with van der Waals surface area (Å²) in [7, 11) is -3.89. The highest BCUT2D eigenvalue weighted by Crippen LogP contribution is 2.25. The van der Waals surface area contributed by atoms with Crippen molar-refractivity contribution in [1.29, 1.82) is 0 Å². The zero-order valence-corrected chi connectivity index (χ0v) is 22.3. The predicted octanol–water partition coefficient (Wildman–Crippen LogP) is 4.62. The number of nitrogens with one attached hydrogen (secondary N) is 1. The molecule has 0 fully saturated rings. The Labute approximate surface area is 216 Å². The molecule has 2 amide bonds. The highest BCUT2D eigenvalue weighted by molar-refractivity contribution is 7.92. The number of sulfonamides is 1. The number of unbranched alkanes of at least 4 members (excludes halogenated alkanes) is 1. The summed E-state index contributed by atoms with van der Waals surface area (Å²) in [4.78, 5) is 27.8. The molecule has 2 aromatic rings. The van der Waals surface area contributed by atoms with Crippen molar-refractivity contribution in [3.8, 4) is 0 Å². The molecule has 0 saturated carbocycles. The fraction of sp³-hybridized carbons (Fsp3) is 0.417. The maximum atomic E-state index is 13.5. The lowest BCUT2D eigenvalue weighted by atomic mass is 10.1. The number of rotatable bonds is 12. The van der Waals surface area contributed by atoms with Gasteiger partial charge in [-0.3, -0.25) is 13.9 Å². The van der Waals surface area contributed by atoms with E-state index in [0.29, 0.717) is 28.6 Å². The number of nitrogens with zero attached hydrogens (tertiary/aromatic N) is 2. The van der Waals surface area contributed by atoms with Crippen LogP contribution in [0.25, 0.3) is 0 Å². The second kappa shape index (κ2) is 13.1. The van der Waals surface area contributed by atoms with E-state index in [1.54, 1.807) is 25.1 Å². The van der Waals surface area contributed by atoms with Crippen molar-refractivity contribution in [2.75, 3.05) is 23.7 Å². The lowest BCUT2D eigenvalue weighted by Gasteiger charge is -2.33. The zero-order chi connectivity index (χ0) is 26.2. The van der Waals surface area contributed by atoms with Crippen LogP contribution >= 0.6 is 23.2 Å². The van der Waals surface area contributed by atoms with E-state index in [4.69, 9.17) is 23.2 Å². The van der Waals surface area contributed by atoms with Gasteiger partial charge in [0.05, 0.1) is 22.0 Å². The van der Waals surface area contributed by atoms with E-state index in [-0.39, 0.29) is 18.1 Å². The third-order valence-electron chi connectivity index (χ3n) is 5.35. The molecule has 0 spiro atoms. The quantitative estimate of drug-likeness (QED) is 0.394. The topological polar surface area (TPSA) is 86.8 Å². The van der Waals surface area contributed by atoms with Crippen LogP contribution in [0.15, 0.2) is 42.5 Å². The fourth-order valence-corrected chi connectivity index (χ4v) is 4.65. The summed E-state index contributed by atoms with van der Waals surface area (Å²) in [5, 5.41) is 3.48. The van der Waals surface area contributed by atoms with E-state index >= 15 is 0 Å². The number of carbonyl (C=O) groups excluding carboxylic acids is 2. The molecule has 0 bridgehead atoms. The second-order valence-corrected chi connectivity index (χ2v) is 10.8. The van der Waals surface area contributed by atoms with Gasteiger partial charge in [-0.05, 0) is 54.8 Å². The Kier molecular flexibility index (Phi) is 10.8. The van der Waals surface area contributed by atoms with Crippen LogP contribution in [0.1, 0.15) is 38.7 Å². The van der Waals surface area contributed by atoms with E-state index in [0.717, 1.165) is 35.5 Å². The average Bonchev–Trinajstić information content (AvgIpc) is 2.79. The van der Waals surface area contributed by atoms with Crippen molar-refractivity contribution in [1.82, 2.24) is 10.2 Å². The SMILES string of the molecule is CCCCNC(=O)[C@@H](CC)N(Cc1ccc(Cl)c(Cl)c1)C(=O)CN(c1ccc(F)cc1)S(C)(=O)=O. The molecule has 0 aliphatic carbocycles. The molecule has 192 valence electrons. The van der Waals surface area contributed by atoms with Crippen LogP contribution in [-0.2, 0) is 26.2 Å². The number of anilines is 1. The number of halogens is 3. The molecule has 0 aliphatic heterocycles. The first kappa shape index (κ1) is 28.9. The summed E-state index contributed by atoms with van der Waals surface area (Å²) in [6, 6.07) is 8.81. The third-order valence-corrected chi connectivity index (χ3v) is 7.23. The van der Waals surface area contributed by atoms with Gasteiger partial charge >= 0.3 is 0 Å². The molecule has 0 unspecified atom stereocenters. The first-order valence-corrected chi connectivity index (χ1v) is 13.8. The first-order chi connectivity index (χ1) is 16.5. The maximum absolute atomic E-state index is 13.5. The van der Waals surface area contributed by atoms with E-state index in [2.05, 4.69) is 5.32 Å². The Morgan fingerprint density at radius 3 is 2.26 bits per heavy atom. The molecule has 7 nitrogen and oxygen atoms in total. The summed E-state index contributed by atoms with van der Waals surface area (Å²) in [5.74, 6) is -1.46. The smallest absolute Gasteiger partial charge is 0.244 e. The van der Waals surface area contributed by atoms with Gasteiger partial charge in [-0.15, -0.1) is 0 Å². The molecule has 2 aromatic carbocycles. The van der Waals surface area contributed by atoms with Crippen LogP contribution in [0, 0.1) is 5.82 Å². The molecule has 2 rings (SSSR count). The van der Waals surface area contributed by atoms with Gasteiger partial charge in [-0.2, -0.15) is 0 Å². The Bertz CT molecular complexity index is 1130. The van der Waals surface area contributed by atoms with Gasteiger partial charge in [0.25, 0.3) is 0 Å². The van der Waals surface area contributed by atoms with Gasteiger partial charge in [0.1, 0.15) is 18.4 Å². The zero-order valence-electron chi connectivity index (χ0n) is 19.9. The average molecular weight is 546 g/mol. The second-order valence-electron chi connectivity index (χ2n) is 8.08. The van der Waals surface area contributed by atoms with Crippen molar-refractivity contribution >= 4 is 50.7 Å². The van der Waals surface area contributed by atoms with Crippen molar-refractivity contribution in [3.05, 3.63) is 63.9 Å². The van der Waals surface area contributed by atoms with Crippen LogP contribution in [0.2, 0.25) is 10.0 Å². The number of hydrogen-bond donors (Lipinski definition) is 1. The van der Waals surface area contributed by atoms with Gasteiger partial charge in [-0.25, -0.2) is 12.8 Å². The molecule has 1 N–H and O–H groups in total. The molecule has 0 heterocycles. The van der Waals surface area contributed by atoms with Gasteiger partial charge < -0.3 is 10.2 Å². The molecular weight excluding hydrogens is 516 g/mol.